The molecule has 0 aliphatic heterocycles. The molecule has 1 heterocycles. The van der Waals surface area contributed by atoms with Crippen LogP contribution >= 0.6 is 0 Å². The molecule has 0 amide bonds. The van der Waals surface area contributed by atoms with Gasteiger partial charge in [0.1, 0.15) is 0 Å². The van der Waals surface area contributed by atoms with Crippen molar-refractivity contribution < 1.29 is 0 Å². The lowest BCUT2D eigenvalue weighted by Crippen LogP contribution is -2.15. The topological polar surface area (TPSA) is 12.9 Å². The van der Waals surface area contributed by atoms with Gasteiger partial charge >= 0.3 is 0 Å². The lowest BCUT2D eigenvalue weighted by atomic mass is 9.77. The van der Waals surface area contributed by atoms with Gasteiger partial charge in [0.15, 0.2) is 0 Å². The van der Waals surface area contributed by atoms with Crippen LogP contribution in [-0.2, 0) is 0 Å². The zero-order valence-electron chi connectivity index (χ0n) is 17.7. The first kappa shape index (κ1) is 19.4. The van der Waals surface area contributed by atoms with Gasteiger partial charge in [-0.25, -0.2) is 0 Å². The summed E-state index contributed by atoms with van der Waals surface area (Å²) in [5.74, 6) is 0.527. The molecule has 140 valence electrons. The van der Waals surface area contributed by atoms with E-state index in [0.29, 0.717) is 5.92 Å². The number of hydrogen-bond donors (Lipinski definition) is 0. The maximum Gasteiger partial charge on any atom is 0.0705 e. The molecule has 0 bridgehead atoms. The first-order valence-electron chi connectivity index (χ1n) is 9.81. The molecule has 2 aromatic carbocycles. The van der Waals surface area contributed by atoms with Crippen molar-refractivity contribution in [2.45, 2.75) is 54.4 Å². The molecule has 1 aromatic heterocycles. The number of nitrogens with zero attached hydrogens (tertiary/aromatic N) is 1. The quantitative estimate of drug-likeness (QED) is 0.473. The molecule has 0 radical (unpaired) electrons. The molecule has 1 unspecified atom stereocenters. The zero-order chi connectivity index (χ0) is 19.8. The van der Waals surface area contributed by atoms with Gasteiger partial charge in [-0.05, 0) is 77.6 Å². The molecule has 0 spiro atoms. The summed E-state index contributed by atoms with van der Waals surface area (Å²) in [6.07, 6.45) is 1.97. The van der Waals surface area contributed by atoms with Gasteiger partial charge in [0, 0.05) is 11.8 Å². The SMILES string of the molecule is Cc1cnc(-c2ccc(C)c(-c3ccc(C(C)C(C)(C)C)cc3)c2)cc1C. The van der Waals surface area contributed by atoms with E-state index in [-0.39, 0.29) is 5.41 Å². The molecule has 0 saturated heterocycles. The van der Waals surface area contributed by atoms with Crippen LogP contribution in [0, 0.1) is 26.2 Å². The zero-order valence-corrected chi connectivity index (χ0v) is 17.7. The summed E-state index contributed by atoms with van der Waals surface area (Å²) in [4.78, 5) is 4.64. The highest BCUT2D eigenvalue weighted by Crippen LogP contribution is 2.36. The lowest BCUT2D eigenvalue weighted by Gasteiger charge is -2.27. The summed E-state index contributed by atoms with van der Waals surface area (Å²) in [5, 5.41) is 0. The highest BCUT2D eigenvalue weighted by molar-refractivity contribution is 5.74. The third-order valence-corrected chi connectivity index (χ3v) is 5.93. The lowest BCUT2D eigenvalue weighted by molar-refractivity contribution is 0.339. The minimum atomic E-state index is 0.270. The van der Waals surface area contributed by atoms with Crippen molar-refractivity contribution in [3.63, 3.8) is 0 Å². The average Bonchev–Trinajstić information content (AvgIpc) is 2.63. The second kappa shape index (κ2) is 7.31. The normalized spacial score (nSPS) is 12.9. The van der Waals surface area contributed by atoms with Crippen LogP contribution in [0.5, 0.6) is 0 Å². The standard InChI is InChI=1S/C26H31N/c1-17-8-9-23(25-14-18(2)19(3)16-27-25)15-24(17)22-12-10-21(11-13-22)20(4)26(5,6)7/h8-16,20H,1-7H3. The first-order chi connectivity index (χ1) is 12.7. The fourth-order valence-corrected chi connectivity index (χ4v) is 3.33. The Balaban J connectivity index is 1.98. The Bertz CT molecular complexity index is 943. The Hall–Kier alpha value is -2.41. The average molecular weight is 358 g/mol. The van der Waals surface area contributed by atoms with Crippen LogP contribution in [0.1, 0.15) is 55.9 Å². The van der Waals surface area contributed by atoms with Gasteiger partial charge in [-0.1, -0.05) is 64.1 Å². The Morgan fingerprint density at radius 3 is 1.96 bits per heavy atom. The van der Waals surface area contributed by atoms with E-state index in [1.165, 1.54) is 38.9 Å². The molecule has 1 atom stereocenters. The molecular formula is C26H31N. The van der Waals surface area contributed by atoms with E-state index in [1.807, 2.05) is 6.20 Å². The molecular weight excluding hydrogens is 326 g/mol. The summed E-state index contributed by atoms with van der Waals surface area (Å²) >= 11 is 0. The molecule has 0 N–H and O–H groups in total. The molecule has 1 nitrogen and oxygen atoms in total. The second-order valence-corrected chi connectivity index (χ2v) is 8.89. The summed E-state index contributed by atoms with van der Waals surface area (Å²) in [6, 6.07) is 17.9. The second-order valence-electron chi connectivity index (χ2n) is 8.89. The van der Waals surface area contributed by atoms with Crippen LogP contribution in [0.3, 0.4) is 0 Å². The van der Waals surface area contributed by atoms with Crippen LogP contribution in [0.25, 0.3) is 22.4 Å². The largest absolute Gasteiger partial charge is 0.256 e. The van der Waals surface area contributed by atoms with Crippen LogP contribution in [0.2, 0.25) is 0 Å². The fourth-order valence-electron chi connectivity index (χ4n) is 3.33. The van der Waals surface area contributed by atoms with Crippen LogP contribution < -0.4 is 0 Å². The van der Waals surface area contributed by atoms with Crippen LogP contribution in [-0.4, -0.2) is 4.98 Å². The van der Waals surface area contributed by atoms with Crippen LogP contribution in [0.4, 0.5) is 0 Å². The Kier molecular flexibility index (Phi) is 5.24. The number of pyridine rings is 1. The summed E-state index contributed by atoms with van der Waals surface area (Å²) in [6.45, 7) is 15.6. The monoisotopic (exact) mass is 357 g/mol. The van der Waals surface area contributed by atoms with Crippen molar-refractivity contribution in [3.8, 4) is 22.4 Å². The van der Waals surface area contributed by atoms with Crippen molar-refractivity contribution in [2.75, 3.05) is 0 Å². The minimum absolute atomic E-state index is 0.270. The molecule has 0 fully saturated rings. The van der Waals surface area contributed by atoms with Crippen molar-refractivity contribution in [3.05, 3.63) is 77.0 Å². The molecule has 0 aliphatic carbocycles. The van der Waals surface area contributed by atoms with Crippen LogP contribution in [0.15, 0.2) is 54.7 Å². The Morgan fingerprint density at radius 2 is 1.37 bits per heavy atom. The highest BCUT2D eigenvalue weighted by atomic mass is 14.7. The van der Waals surface area contributed by atoms with E-state index in [0.717, 1.165) is 5.69 Å². The third kappa shape index (κ3) is 4.13. The maximum absolute atomic E-state index is 4.64. The van der Waals surface area contributed by atoms with Gasteiger partial charge in [0.2, 0.25) is 0 Å². The van der Waals surface area contributed by atoms with E-state index < -0.39 is 0 Å². The molecule has 3 aromatic rings. The van der Waals surface area contributed by atoms with Gasteiger partial charge in [-0.2, -0.15) is 0 Å². The summed E-state index contributed by atoms with van der Waals surface area (Å²) in [5.41, 5.74) is 10.2. The van der Waals surface area contributed by atoms with E-state index in [2.05, 4.69) is 102 Å². The van der Waals surface area contributed by atoms with Gasteiger partial charge in [0.05, 0.1) is 5.69 Å². The smallest absolute Gasteiger partial charge is 0.0705 e. The number of benzene rings is 2. The third-order valence-electron chi connectivity index (χ3n) is 5.93. The number of rotatable bonds is 3. The fraction of sp³-hybridized carbons (Fsp3) is 0.346. The first-order valence-corrected chi connectivity index (χ1v) is 9.81. The highest BCUT2D eigenvalue weighted by Gasteiger charge is 2.21. The Labute approximate surface area is 164 Å². The maximum atomic E-state index is 4.64. The van der Waals surface area contributed by atoms with Crippen molar-refractivity contribution in [1.29, 1.82) is 0 Å². The Morgan fingerprint density at radius 1 is 0.741 bits per heavy atom. The summed E-state index contributed by atoms with van der Waals surface area (Å²) in [7, 11) is 0. The number of aromatic nitrogens is 1. The molecule has 27 heavy (non-hydrogen) atoms. The predicted molar refractivity (Wildman–Crippen MR) is 117 cm³/mol. The van der Waals surface area contributed by atoms with E-state index in [4.69, 9.17) is 0 Å². The summed E-state index contributed by atoms with van der Waals surface area (Å²) < 4.78 is 0. The van der Waals surface area contributed by atoms with Gasteiger partial charge in [-0.3, -0.25) is 4.98 Å². The van der Waals surface area contributed by atoms with E-state index in [1.54, 1.807) is 0 Å². The van der Waals surface area contributed by atoms with Gasteiger partial charge in [0.25, 0.3) is 0 Å². The van der Waals surface area contributed by atoms with Crippen molar-refractivity contribution in [1.82, 2.24) is 4.98 Å². The molecule has 0 aliphatic rings. The number of aryl methyl sites for hydroxylation is 3. The predicted octanol–water partition coefficient (Wildman–Crippen LogP) is 7.49. The van der Waals surface area contributed by atoms with Crippen molar-refractivity contribution >= 4 is 0 Å². The molecule has 1 heteroatoms. The molecule has 0 saturated carbocycles. The minimum Gasteiger partial charge on any atom is -0.256 e. The van der Waals surface area contributed by atoms with Gasteiger partial charge < -0.3 is 0 Å². The van der Waals surface area contributed by atoms with Crippen molar-refractivity contribution in [2.24, 2.45) is 5.41 Å². The number of hydrogen-bond acceptors (Lipinski definition) is 1. The van der Waals surface area contributed by atoms with Gasteiger partial charge in [-0.15, -0.1) is 0 Å². The van der Waals surface area contributed by atoms with E-state index in [9.17, 15) is 0 Å². The molecule has 3 rings (SSSR count). The van der Waals surface area contributed by atoms with E-state index >= 15 is 0 Å².